The lowest BCUT2D eigenvalue weighted by atomic mass is 10.2. The minimum Gasteiger partial charge on any atom is -0.507 e. The number of aromatic hydroxyl groups is 1. The summed E-state index contributed by atoms with van der Waals surface area (Å²) in [6.07, 6.45) is 2.30. The normalized spacial score (nSPS) is 11.0. The molecule has 0 aliphatic heterocycles. The summed E-state index contributed by atoms with van der Waals surface area (Å²) in [7, 11) is 0. The predicted octanol–water partition coefficient (Wildman–Crippen LogP) is 4.35. The summed E-state index contributed by atoms with van der Waals surface area (Å²) < 4.78 is 7.51. The van der Waals surface area contributed by atoms with Crippen molar-refractivity contribution in [1.82, 2.24) is 9.99 Å². The van der Waals surface area contributed by atoms with Gasteiger partial charge in [0.1, 0.15) is 11.5 Å². The summed E-state index contributed by atoms with van der Waals surface area (Å²) in [5.41, 5.74) is 6.37. The summed E-state index contributed by atoms with van der Waals surface area (Å²) in [5.74, 6) is 0.330. The van der Waals surface area contributed by atoms with Crippen LogP contribution in [-0.2, 0) is 0 Å². The molecular weight excluding hydrogens is 366 g/mol. The Balaban J connectivity index is 1.72. The number of aryl methyl sites for hydroxylation is 1. The smallest absolute Gasteiger partial charge is 0.273 e. The number of phenolic OH excluding ortho intramolecular Hbond substituents is 1. The van der Waals surface area contributed by atoms with E-state index < -0.39 is 0 Å². The maximum absolute atomic E-state index is 12.6. The number of nitrogens with zero attached hydrogens (tertiary/aromatic N) is 2. The molecule has 1 heterocycles. The molecule has 0 atom stereocenters. The van der Waals surface area contributed by atoms with Crippen molar-refractivity contribution < 1.29 is 14.6 Å². The van der Waals surface area contributed by atoms with Crippen molar-refractivity contribution in [3.05, 3.63) is 77.1 Å². The Morgan fingerprint density at radius 2 is 1.93 bits per heavy atom. The molecule has 1 aromatic heterocycles. The SMILES string of the molecule is CCCOc1ccc(/C=N/NC(=O)c2cc(C)n(-c3ccccc3)c2C)c(O)c1. The third kappa shape index (κ3) is 4.66. The number of amides is 1. The van der Waals surface area contributed by atoms with Gasteiger partial charge in [-0.25, -0.2) is 5.43 Å². The average molecular weight is 391 g/mol. The van der Waals surface area contributed by atoms with E-state index in [-0.39, 0.29) is 11.7 Å². The lowest BCUT2D eigenvalue weighted by molar-refractivity contribution is 0.0954. The number of hydrazone groups is 1. The number of ether oxygens (including phenoxy) is 1. The molecule has 6 nitrogen and oxygen atoms in total. The van der Waals surface area contributed by atoms with Gasteiger partial charge in [0.05, 0.1) is 18.4 Å². The number of hydrogen-bond acceptors (Lipinski definition) is 4. The molecule has 3 rings (SSSR count). The third-order valence-corrected chi connectivity index (χ3v) is 4.53. The maximum Gasteiger partial charge on any atom is 0.273 e. The number of nitrogens with one attached hydrogen (secondary N) is 1. The van der Waals surface area contributed by atoms with Crippen molar-refractivity contribution in [3.63, 3.8) is 0 Å². The zero-order valence-electron chi connectivity index (χ0n) is 16.8. The van der Waals surface area contributed by atoms with E-state index in [2.05, 4.69) is 10.5 Å². The van der Waals surface area contributed by atoms with Crippen LogP contribution in [0.5, 0.6) is 11.5 Å². The van der Waals surface area contributed by atoms with Gasteiger partial charge in [-0.3, -0.25) is 4.79 Å². The Kier molecular flexibility index (Phi) is 6.34. The van der Waals surface area contributed by atoms with Crippen LogP contribution in [0.25, 0.3) is 5.69 Å². The molecule has 3 aromatic rings. The molecule has 2 N–H and O–H groups in total. The molecule has 0 aliphatic carbocycles. The first-order chi connectivity index (χ1) is 14.0. The number of hydrogen-bond donors (Lipinski definition) is 2. The van der Waals surface area contributed by atoms with Crippen LogP contribution in [0.1, 0.15) is 40.7 Å². The standard InChI is InChI=1S/C23H25N3O3/c1-4-12-29-20-11-10-18(22(27)14-20)15-24-25-23(28)21-13-16(2)26(17(21)3)19-8-6-5-7-9-19/h5-11,13-15,27H,4,12H2,1-3H3,(H,25,28)/b24-15+. The van der Waals surface area contributed by atoms with E-state index in [1.54, 1.807) is 12.1 Å². The monoisotopic (exact) mass is 391 g/mol. The number of aromatic nitrogens is 1. The molecule has 0 radical (unpaired) electrons. The highest BCUT2D eigenvalue weighted by molar-refractivity contribution is 5.96. The van der Waals surface area contributed by atoms with Crippen molar-refractivity contribution >= 4 is 12.1 Å². The largest absolute Gasteiger partial charge is 0.507 e. The molecular formula is C23H25N3O3. The van der Waals surface area contributed by atoms with Gasteiger partial charge in [0.2, 0.25) is 0 Å². The van der Waals surface area contributed by atoms with Gasteiger partial charge in [0.25, 0.3) is 5.91 Å². The van der Waals surface area contributed by atoms with Crippen LogP contribution < -0.4 is 10.2 Å². The molecule has 2 aromatic carbocycles. The first-order valence-corrected chi connectivity index (χ1v) is 9.55. The summed E-state index contributed by atoms with van der Waals surface area (Å²) >= 11 is 0. The van der Waals surface area contributed by atoms with E-state index in [4.69, 9.17) is 4.74 Å². The average Bonchev–Trinajstić information content (AvgIpc) is 3.02. The van der Waals surface area contributed by atoms with Crippen LogP contribution in [0.4, 0.5) is 0 Å². The number of benzene rings is 2. The van der Waals surface area contributed by atoms with E-state index >= 15 is 0 Å². The topological polar surface area (TPSA) is 75.8 Å². The second-order valence-electron chi connectivity index (χ2n) is 6.72. The maximum atomic E-state index is 12.6. The summed E-state index contributed by atoms with van der Waals surface area (Å²) in [5, 5.41) is 14.1. The van der Waals surface area contributed by atoms with Crippen LogP contribution in [0.3, 0.4) is 0 Å². The highest BCUT2D eigenvalue weighted by Gasteiger charge is 2.16. The molecule has 1 amide bonds. The van der Waals surface area contributed by atoms with E-state index in [1.165, 1.54) is 12.3 Å². The fraction of sp³-hybridized carbons (Fsp3) is 0.217. The molecule has 0 unspecified atom stereocenters. The lowest BCUT2D eigenvalue weighted by Crippen LogP contribution is -2.18. The molecule has 0 saturated heterocycles. The molecule has 0 saturated carbocycles. The van der Waals surface area contributed by atoms with Crippen LogP contribution in [0.15, 0.2) is 59.7 Å². The highest BCUT2D eigenvalue weighted by Crippen LogP contribution is 2.23. The fourth-order valence-electron chi connectivity index (χ4n) is 3.13. The van der Waals surface area contributed by atoms with E-state index in [1.807, 2.05) is 61.7 Å². The van der Waals surface area contributed by atoms with Gasteiger partial charge >= 0.3 is 0 Å². The zero-order valence-corrected chi connectivity index (χ0v) is 16.8. The van der Waals surface area contributed by atoms with Gasteiger partial charge in [0.15, 0.2) is 0 Å². The van der Waals surface area contributed by atoms with Gasteiger partial charge in [0, 0.05) is 28.7 Å². The van der Waals surface area contributed by atoms with Crippen LogP contribution >= 0.6 is 0 Å². The molecule has 0 bridgehead atoms. The Bertz CT molecular complexity index is 1020. The van der Waals surface area contributed by atoms with Crippen molar-refractivity contribution in [3.8, 4) is 17.2 Å². The molecule has 0 spiro atoms. The molecule has 0 aliphatic rings. The van der Waals surface area contributed by atoms with Crippen molar-refractivity contribution in [2.75, 3.05) is 6.61 Å². The Hall–Kier alpha value is -3.54. The van der Waals surface area contributed by atoms with E-state index in [0.29, 0.717) is 23.5 Å². The second-order valence-corrected chi connectivity index (χ2v) is 6.72. The minimum absolute atomic E-state index is 0.0406. The van der Waals surface area contributed by atoms with Gasteiger partial charge < -0.3 is 14.4 Å². The Morgan fingerprint density at radius 3 is 2.62 bits per heavy atom. The zero-order chi connectivity index (χ0) is 20.8. The quantitative estimate of drug-likeness (QED) is 0.464. The first-order valence-electron chi connectivity index (χ1n) is 9.55. The molecule has 150 valence electrons. The van der Waals surface area contributed by atoms with Crippen molar-refractivity contribution in [2.24, 2.45) is 5.10 Å². The fourth-order valence-corrected chi connectivity index (χ4v) is 3.13. The lowest BCUT2D eigenvalue weighted by Gasteiger charge is -2.09. The predicted molar refractivity (Wildman–Crippen MR) is 114 cm³/mol. The summed E-state index contributed by atoms with van der Waals surface area (Å²) in [6, 6.07) is 16.7. The van der Waals surface area contributed by atoms with Crippen LogP contribution in [-0.4, -0.2) is 28.4 Å². The molecule has 29 heavy (non-hydrogen) atoms. The Labute approximate surface area is 170 Å². The number of phenols is 1. The van der Waals surface area contributed by atoms with Crippen LogP contribution in [0, 0.1) is 13.8 Å². The minimum atomic E-state index is -0.307. The first kappa shape index (κ1) is 20.2. The van der Waals surface area contributed by atoms with Crippen molar-refractivity contribution in [1.29, 1.82) is 0 Å². The highest BCUT2D eigenvalue weighted by atomic mass is 16.5. The van der Waals surface area contributed by atoms with E-state index in [9.17, 15) is 9.90 Å². The number of rotatable bonds is 7. The van der Waals surface area contributed by atoms with E-state index in [0.717, 1.165) is 23.5 Å². The van der Waals surface area contributed by atoms with Gasteiger partial charge in [-0.15, -0.1) is 0 Å². The third-order valence-electron chi connectivity index (χ3n) is 4.53. The summed E-state index contributed by atoms with van der Waals surface area (Å²) in [4.78, 5) is 12.6. The van der Waals surface area contributed by atoms with Gasteiger partial charge in [-0.2, -0.15) is 5.10 Å². The number of carbonyl (C=O) groups is 1. The molecule has 0 fully saturated rings. The number of carbonyl (C=O) groups excluding carboxylic acids is 1. The Morgan fingerprint density at radius 1 is 1.17 bits per heavy atom. The second kappa shape index (κ2) is 9.10. The van der Waals surface area contributed by atoms with Crippen LogP contribution in [0.2, 0.25) is 0 Å². The molecule has 6 heteroatoms. The van der Waals surface area contributed by atoms with Gasteiger partial charge in [-0.1, -0.05) is 25.1 Å². The van der Waals surface area contributed by atoms with Crippen molar-refractivity contribution in [2.45, 2.75) is 27.2 Å². The number of para-hydroxylation sites is 1. The summed E-state index contributed by atoms with van der Waals surface area (Å²) in [6.45, 7) is 6.46. The van der Waals surface area contributed by atoms with Gasteiger partial charge in [-0.05, 0) is 50.6 Å².